The molecule has 0 saturated carbocycles. The lowest BCUT2D eigenvalue weighted by Gasteiger charge is -2.16. The maximum atomic E-state index is 12.2. The second-order valence-electron chi connectivity index (χ2n) is 6.50. The van der Waals surface area contributed by atoms with Gasteiger partial charge >= 0.3 is 0 Å². The van der Waals surface area contributed by atoms with Crippen LogP contribution in [0.25, 0.3) is 0 Å². The molecule has 0 aromatic heterocycles. The van der Waals surface area contributed by atoms with E-state index < -0.39 is 17.9 Å². The SMILES string of the molecule is COc1ccc(C(=O)NNC(=O)C(C)Oc2ccc(C(C)C)cc2)cc1OC. The van der Waals surface area contributed by atoms with E-state index >= 15 is 0 Å². The number of benzene rings is 2. The summed E-state index contributed by atoms with van der Waals surface area (Å²) >= 11 is 0. The Labute approximate surface area is 165 Å². The van der Waals surface area contributed by atoms with Crippen molar-refractivity contribution in [1.82, 2.24) is 10.9 Å². The molecule has 1 atom stereocenters. The molecule has 0 heterocycles. The number of ether oxygens (including phenoxy) is 3. The number of methoxy groups -OCH3 is 2. The van der Waals surface area contributed by atoms with Gasteiger partial charge in [0.25, 0.3) is 11.8 Å². The Balaban J connectivity index is 1.91. The number of nitrogens with one attached hydrogen (secondary N) is 2. The monoisotopic (exact) mass is 386 g/mol. The Morgan fingerprint density at radius 3 is 2.07 bits per heavy atom. The number of amides is 2. The lowest BCUT2D eigenvalue weighted by molar-refractivity contribution is -0.128. The van der Waals surface area contributed by atoms with E-state index in [1.165, 1.54) is 25.8 Å². The number of rotatable bonds is 7. The van der Waals surface area contributed by atoms with E-state index in [-0.39, 0.29) is 0 Å². The number of carbonyl (C=O) groups excluding carboxylic acids is 2. The molecular weight excluding hydrogens is 360 g/mol. The van der Waals surface area contributed by atoms with Crippen molar-refractivity contribution in [2.45, 2.75) is 32.8 Å². The molecule has 1 unspecified atom stereocenters. The van der Waals surface area contributed by atoms with Gasteiger partial charge in [-0.2, -0.15) is 0 Å². The molecule has 0 spiro atoms. The highest BCUT2D eigenvalue weighted by Crippen LogP contribution is 2.27. The molecule has 0 radical (unpaired) electrons. The van der Waals surface area contributed by atoms with Gasteiger partial charge in [-0.25, -0.2) is 0 Å². The zero-order valence-corrected chi connectivity index (χ0v) is 16.7. The summed E-state index contributed by atoms with van der Waals surface area (Å²) in [7, 11) is 2.99. The summed E-state index contributed by atoms with van der Waals surface area (Å²) in [6.45, 7) is 5.81. The van der Waals surface area contributed by atoms with Gasteiger partial charge in [0.2, 0.25) is 0 Å². The van der Waals surface area contributed by atoms with E-state index in [4.69, 9.17) is 14.2 Å². The molecule has 0 aliphatic rings. The predicted octanol–water partition coefficient (Wildman–Crippen LogP) is 3.06. The first kappa shape index (κ1) is 21.1. The van der Waals surface area contributed by atoms with Gasteiger partial charge in [-0.15, -0.1) is 0 Å². The zero-order chi connectivity index (χ0) is 20.7. The van der Waals surface area contributed by atoms with Crippen molar-refractivity contribution in [3.63, 3.8) is 0 Å². The molecular formula is C21H26N2O5. The van der Waals surface area contributed by atoms with Crippen molar-refractivity contribution in [1.29, 1.82) is 0 Å². The fourth-order valence-corrected chi connectivity index (χ4v) is 2.46. The molecule has 28 heavy (non-hydrogen) atoms. The maximum absolute atomic E-state index is 12.2. The molecule has 2 amide bonds. The van der Waals surface area contributed by atoms with E-state index in [9.17, 15) is 9.59 Å². The van der Waals surface area contributed by atoms with Crippen molar-refractivity contribution in [3.05, 3.63) is 53.6 Å². The number of hydrogen-bond donors (Lipinski definition) is 2. The van der Waals surface area contributed by atoms with E-state index in [1.54, 1.807) is 19.1 Å². The van der Waals surface area contributed by atoms with Crippen molar-refractivity contribution in [3.8, 4) is 17.2 Å². The Morgan fingerprint density at radius 2 is 1.50 bits per heavy atom. The van der Waals surface area contributed by atoms with Crippen LogP contribution in [0, 0.1) is 0 Å². The highest BCUT2D eigenvalue weighted by molar-refractivity contribution is 5.96. The first-order chi connectivity index (χ1) is 13.3. The van der Waals surface area contributed by atoms with Crippen LogP contribution < -0.4 is 25.1 Å². The van der Waals surface area contributed by atoms with Crippen LogP contribution in [0.1, 0.15) is 42.6 Å². The standard InChI is InChI=1S/C21H26N2O5/c1-13(2)15-6-9-17(10-7-15)28-14(3)20(24)22-23-21(25)16-8-11-18(26-4)19(12-16)27-5/h6-14H,1-5H3,(H,22,24)(H,23,25). The van der Waals surface area contributed by atoms with Crippen LogP contribution in [-0.4, -0.2) is 32.1 Å². The first-order valence-electron chi connectivity index (χ1n) is 8.94. The molecule has 0 aliphatic carbocycles. The van der Waals surface area contributed by atoms with Crippen LogP contribution in [0.2, 0.25) is 0 Å². The van der Waals surface area contributed by atoms with Crippen LogP contribution in [-0.2, 0) is 4.79 Å². The molecule has 2 rings (SSSR count). The Bertz CT molecular complexity index is 818. The van der Waals surface area contributed by atoms with Crippen molar-refractivity contribution in [2.75, 3.05) is 14.2 Å². The van der Waals surface area contributed by atoms with Crippen LogP contribution in [0.3, 0.4) is 0 Å². The minimum absolute atomic E-state index is 0.316. The summed E-state index contributed by atoms with van der Waals surface area (Å²) in [5.41, 5.74) is 6.23. The second kappa shape index (κ2) is 9.64. The molecule has 2 N–H and O–H groups in total. The zero-order valence-electron chi connectivity index (χ0n) is 16.7. The van der Waals surface area contributed by atoms with Gasteiger partial charge < -0.3 is 14.2 Å². The first-order valence-corrected chi connectivity index (χ1v) is 8.94. The highest BCUT2D eigenvalue weighted by Gasteiger charge is 2.17. The van der Waals surface area contributed by atoms with Gasteiger partial charge in [-0.1, -0.05) is 26.0 Å². The van der Waals surface area contributed by atoms with Gasteiger partial charge in [-0.05, 0) is 48.7 Å². The average molecular weight is 386 g/mol. The molecule has 0 saturated heterocycles. The molecule has 0 bridgehead atoms. The van der Waals surface area contributed by atoms with Gasteiger partial charge in [0, 0.05) is 5.56 Å². The van der Waals surface area contributed by atoms with Crippen molar-refractivity contribution in [2.24, 2.45) is 0 Å². The fraction of sp³-hybridized carbons (Fsp3) is 0.333. The van der Waals surface area contributed by atoms with E-state index in [2.05, 4.69) is 24.7 Å². The Kier molecular flexibility index (Phi) is 7.26. The van der Waals surface area contributed by atoms with Gasteiger partial charge in [-0.3, -0.25) is 20.4 Å². The fourth-order valence-electron chi connectivity index (χ4n) is 2.46. The third kappa shape index (κ3) is 5.39. The van der Waals surface area contributed by atoms with Gasteiger partial charge in [0.05, 0.1) is 14.2 Å². The maximum Gasteiger partial charge on any atom is 0.279 e. The predicted molar refractivity (Wildman–Crippen MR) is 106 cm³/mol. The summed E-state index contributed by atoms with van der Waals surface area (Å²) < 4.78 is 15.9. The number of hydrogen-bond acceptors (Lipinski definition) is 5. The molecule has 150 valence electrons. The van der Waals surface area contributed by atoms with Crippen molar-refractivity contribution >= 4 is 11.8 Å². The molecule has 7 nitrogen and oxygen atoms in total. The minimum Gasteiger partial charge on any atom is -0.493 e. The quantitative estimate of drug-likeness (QED) is 0.715. The number of carbonyl (C=O) groups is 2. The topological polar surface area (TPSA) is 85.9 Å². The lowest BCUT2D eigenvalue weighted by atomic mass is 10.0. The normalized spacial score (nSPS) is 11.5. The second-order valence-corrected chi connectivity index (χ2v) is 6.50. The van der Waals surface area contributed by atoms with Crippen LogP contribution in [0.4, 0.5) is 0 Å². The molecule has 2 aromatic rings. The van der Waals surface area contributed by atoms with Crippen molar-refractivity contribution < 1.29 is 23.8 Å². The van der Waals surface area contributed by atoms with Crippen LogP contribution in [0.15, 0.2) is 42.5 Å². The summed E-state index contributed by atoms with van der Waals surface area (Å²) in [5, 5.41) is 0. The third-order valence-electron chi connectivity index (χ3n) is 4.17. The Morgan fingerprint density at radius 1 is 0.857 bits per heavy atom. The summed E-state index contributed by atoms with van der Waals surface area (Å²) in [6, 6.07) is 12.3. The van der Waals surface area contributed by atoms with Crippen LogP contribution in [0.5, 0.6) is 17.2 Å². The van der Waals surface area contributed by atoms with Crippen LogP contribution >= 0.6 is 0 Å². The molecule has 0 fully saturated rings. The average Bonchev–Trinajstić information content (AvgIpc) is 2.71. The number of hydrazine groups is 1. The van der Waals surface area contributed by atoms with E-state index in [1.807, 2.05) is 24.3 Å². The minimum atomic E-state index is -0.782. The lowest BCUT2D eigenvalue weighted by Crippen LogP contribution is -2.47. The van der Waals surface area contributed by atoms with E-state index in [0.717, 1.165) is 0 Å². The Hall–Kier alpha value is -3.22. The summed E-state index contributed by atoms with van der Waals surface area (Å²) in [4.78, 5) is 24.4. The summed E-state index contributed by atoms with van der Waals surface area (Å²) in [6.07, 6.45) is -0.782. The van der Waals surface area contributed by atoms with E-state index in [0.29, 0.717) is 28.7 Å². The smallest absolute Gasteiger partial charge is 0.279 e. The highest BCUT2D eigenvalue weighted by atomic mass is 16.5. The molecule has 7 heteroatoms. The van der Waals surface area contributed by atoms with Gasteiger partial charge in [0.15, 0.2) is 17.6 Å². The largest absolute Gasteiger partial charge is 0.493 e. The summed E-state index contributed by atoms with van der Waals surface area (Å²) in [5.74, 6) is 0.973. The molecule has 0 aliphatic heterocycles. The molecule has 2 aromatic carbocycles. The van der Waals surface area contributed by atoms with Gasteiger partial charge in [0.1, 0.15) is 5.75 Å². The third-order valence-corrected chi connectivity index (χ3v) is 4.17.